The van der Waals surface area contributed by atoms with E-state index in [1.165, 1.54) is 24.3 Å². The fourth-order valence-corrected chi connectivity index (χ4v) is 2.96. The van der Waals surface area contributed by atoms with Crippen LogP contribution in [0.25, 0.3) is 0 Å². The van der Waals surface area contributed by atoms with Crippen molar-refractivity contribution in [3.05, 3.63) is 57.9 Å². The van der Waals surface area contributed by atoms with Gasteiger partial charge in [0.15, 0.2) is 11.5 Å². The monoisotopic (exact) mass is 321 g/mol. The van der Waals surface area contributed by atoms with Crippen LogP contribution in [0.1, 0.15) is 33.9 Å². The molecule has 3 rings (SSSR count). The quantitative estimate of drug-likeness (QED) is 0.743. The smallest absolute Gasteiger partial charge is 0.255 e. The maximum atomic E-state index is 13.8. The third kappa shape index (κ3) is 2.48. The molecule has 0 saturated heterocycles. The van der Waals surface area contributed by atoms with Crippen LogP contribution in [0, 0.1) is 5.82 Å². The Morgan fingerprint density at radius 2 is 2.09 bits per heavy atom. The Morgan fingerprint density at radius 3 is 2.86 bits per heavy atom. The molecule has 3 N–H and O–H groups in total. The predicted octanol–water partition coefficient (Wildman–Crippen LogP) is 3.31. The highest BCUT2D eigenvalue weighted by atomic mass is 35.5. The first kappa shape index (κ1) is 14.7. The molecule has 114 valence electrons. The van der Waals surface area contributed by atoms with Crippen LogP contribution in [-0.2, 0) is 6.42 Å². The van der Waals surface area contributed by atoms with E-state index in [2.05, 4.69) is 5.32 Å². The molecule has 0 radical (unpaired) electrons. The van der Waals surface area contributed by atoms with E-state index in [4.69, 9.17) is 11.6 Å². The molecule has 0 spiro atoms. The van der Waals surface area contributed by atoms with Gasteiger partial charge < -0.3 is 15.5 Å². The van der Waals surface area contributed by atoms with E-state index in [1.807, 2.05) is 0 Å². The Labute approximate surface area is 131 Å². The second kappa shape index (κ2) is 5.50. The first-order valence-electron chi connectivity index (χ1n) is 6.77. The molecule has 0 aliphatic heterocycles. The normalized spacial score (nSPS) is 16.4. The molecule has 0 heterocycles. The minimum absolute atomic E-state index is 0.0315. The number of nitrogens with one attached hydrogen (secondary N) is 1. The summed E-state index contributed by atoms with van der Waals surface area (Å²) in [5.41, 5.74) is 1.17. The lowest BCUT2D eigenvalue weighted by atomic mass is 10.1. The molecule has 4 nitrogen and oxygen atoms in total. The summed E-state index contributed by atoms with van der Waals surface area (Å²) in [5, 5.41) is 22.2. The summed E-state index contributed by atoms with van der Waals surface area (Å²) >= 11 is 5.87. The summed E-state index contributed by atoms with van der Waals surface area (Å²) in [5.74, 6) is -1.75. The number of carbonyl (C=O) groups excluding carboxylic acids is 1. The van der Waals surface area contributed by atoms with E-state index in [1.54, 1.807) is 6.07 Å². The molecule has 1 atom stereocenters. The highest BCUT2D eigenvalue weighted by Gasteiger charge is 2.28. The van der Waals surface area contributed by atoms with Gasteiger partial charge in [0.05, 0.1) is 11.6 Å². The Kier molecular flexibility index (Phi) is 3.66. The van der Waals surface area contributed by atoms with Crippen molar-refractivity contribution in [1.82, 2.24) is 5.32 Å². The summed E-state index contributed by atoms with van der Waals surface area (Å²) < 4.78 is 13.8. The van der Waals surface area contributed by atoms with Gasteiger partial charge in [0.2, 0.25) is 0 Å². The summed E-state index contributed by atoms with van der Waals surface area (Å²) in [6.07, 6.45) is 1.06. The van der Waals surface area contributed by atoms with Crippen LogP contribution in [0.4, 0.5) is 4.39 Å². The lowest BCUT2D eigenvalue weighted by Gasteiger charge is -2.15. The number of halogens is 2. The second-order valence-corrected chi connectivity index (χ2v) is 5.63. The van der Waals surface area contributed by atoms with Gasteiger partial charge in [0, 0.05) is 5.02 Å². The van der Waals surface area contributed by atoms with Gasteiger partial charge in [-0.05, 0) is 48.2 Å². The number of para-hydroxylation sites is 1. The number of fused-ring (bicyclic) bond motifs is 1. The standard InChI is InChI=1S/C16H13ClFNO3/c17-8-6-11-9(12(18)7-8)4-5-13(11)19-16(22)10-2-1-3-14(20)15(10)21/h1-3,6-7,13,20-21H,4-5H2,(H,19,22)/t13-/m1/s1. The van der Waals surface area contributed by atoms with E-state index < -0.39 is 11.7 Å². The molecule has 1 aliphatic rings. The Morgan fingerprint density at radius 1 is 1.32 bits per heavy atom. The molecule has 0 fully saturated rings. The summed E-state index contributed by atoms with van der Waals surface area (Å²) in [6, 6.07) is 6.66. The van der Waals surface area contributed by atoms with Crippen LogP contribution < -0.4 is 5.32 Å². The van der Waals surface area contributed by atoms with Crippen LogP contribution >= 0.6 is 11.6 Å². The number of hydrogen-bond donors (Lipinski definition) is 3. The Balaban J connectivity index is 1.87. The Bertz CT molecular complexity index is 763. The Hall–Kier alpha value is -2.27. The number of amides is 1. The van der Waals surface area contributed by atoms with E-state index in [-0.39, 0.29) is 28.2 Å². The maximum Gasteiger partial charge on any atom is 0.255 e. The van der Waals surface area contributed by atoms with Crippen LogP contribution in [0.3, 0.4) is 0 Å². The van der Waals surface area contributed by atoms with Crippen molar-refractivity contribution in [3.63, 3.8) is 0 Å². The van der Waals surface area contributed by atoms with Crippen molar-refractivity contribution < 1.29 is 19.4 Å². The minimum Gasteiger partial charge on any atom is -0.504 e. The molecule has 2 aromatic carbocycles. The number of aromatic hydroxyl groups is 2. The van der Waals surface area contributed by atoms with Crippen molar-refractivity contribution in [2.75, 3.05) is 0 Å². The molecule has 0 unspecified atom stereocenters. The molecule has 1 amide bonds. The van der Waals surface area contributed by atoms with Crippen molar-refractivity contribution in [3.8, 4) is 11.5 Å². The average Bonchev–Trinajstić information content (AvgIpc) is 2.85. The summed E-state index contributed by atoms with van der Waals surface area (Å²) in [4.78, 5) is 12.2. The van der Waals surface area contributed by atoms with Gasteiger partial charge in [0.1, 0.15) is 5.82 Å². The molecular weight excluding hydrogens is 309 g/mol. The summed E-state index contributed by atoms with van der Waals surface area (Å²) in [7, 11) is 0. The molecule has 6 heteroatoms. The summed E-state index contributed by atoms with van der Waals surface area (Å²) in [6.45, 7) is 0. The number of phenols is 2. The van der Waals surface area contributed by atoms with Gasteiger partial charge in [-0.2, -0.15) is 0 Å². The van der Waals surface area contributed by atoms with E-state index in [9.17, 15) is 19.4 Å². The second-order valence-electron chi connectivity index (χ2n) is 5.19. The predicted molar refractivity (Wildman–Crippen MR) is 79.7 cm³/mol. The number of carbonyl (C=O) groups is 1. The molecule has 1 aliphatic carbocycles. The molecule has 22 heavy (non-hydrogen) atoms. The van der Waals surface area contributed by atoms with Crippen LogP contribution in [0.2, 0.25) is 5.02 Å². The van der Waals surface area contributed by atoms with Gasteiger partial charge in [-0.15, -0.1) is 0 Å². The van der Waals surface area contributed by atoms with Crippen molar-refractivity contribution in [2.24, 2.45) is 0 Å². The molecule has 0 aromatic heterocycles. The SMILES string of the molecule is O=C(N[C@@H]1CCc2c(F)cc(Cl)cc21)c1cccc(O)c1O. The van der Waals surface area contributed by atoms with E-state index in [0.717, 1.165) is 0 Å². The third-order valence-corrected chi connectivity index (χ3v) is 4.04. The first-order valence-corrected chi connectivity index (χ1v) is 7.15. The van der Waals surface area contributed by atoms with Crippen molar-refractivity contribution in [1.29, 1.82) is 0 Å². The fourth-order valence-electron chi connectivity index (χ4n) is 2.74. The molecule has 2 aromatic rings. The number of hydrogen-bond acceptors (Lipinski definition) is 3. The van der Waals surface area contributed by atoms with Crippen molar-refractivity contribution >= 4 is 17.5 Å². The molecule has 0 bridgehead atoms. The topological polar surface area (TPSA) is 69.6 Å². The zero-order chi connectivity index (χ0) is 15.9. The number of benzene rings is 2. The number of rotatable bonds is 2. The van der Waals surface area contributed by atoms with Gasteiger partial charge in [0.25, 0.3) is 5.91 Å². The maximum absolute atomic E-state index is 13.8. The zero-order valence-corrected chi connectivity index (χ0v) is 12.2. The van der Waals surface area contributed by atoms with Crippen LogP contribution in [0.15, 0.2) is 30.3 Å². The van der Waals surface area contributed by atoms with Crippen LogP contribution in [-0.4, -0.2) is 16.1 Å². The average molecular weight is 322 g/mol. The van der Waals surface area contributed by atoms with Crippen molar-refractivity contribution in [2.45, 2.75) is 18.9 Å². The van der Waals surface area contributed by atoms with Crippen LogP contribution in [0.5, 0.6) is 11.5 Å². The highest BCUT2D eigenvalue weighted by Crippen LogP contribution is 2.36. The van der Waals surface area contributed by atoms with Gasteiger partial charge in [-0.3, -0.25) is 4.79 Å². The highest BCUT2D eigenvalue weighted by molar-refractivity contribution is 6.30. The van der Waals surface area contributed by atoms with Gasteiger partial charge >= 0.3 is 0 Å². The molecular formula is C16H13ClFNO3. The lowest BCUT2D eigenvalue weighted by Crippen LogP contribution is -2.27. The largest absolute Gasteiger partial charge is 0.504 e. The minimum atomic E-state index is -0.536. The van der Waals surface area contributed by atoms with Gasteiger partial charge in [-0.25, -0.2) is 4.39 Å². The molecule has 0 saturated carbocycles. The fraction of sp³-hybridized carbons (Fsp3) is 0.188. The van der Waals surface area contributed by atoms with E-state index in [0.29, 0.717) is 24.0 Å². The zero-order valence-electron chi connectivity index (χ0n) is 11.4. The van der Waals surface area contributed by atoms with E-state index >= 15 is 0 Å². The first-order chi connectivity index (χ1) is 10.5. The lowest BCUT2D eigenvalue weighted by molar-refractivity contribution is 0.0933. The number of phenolic OH excluding ortho intramolecular Hbond substituents is 2. The van der Waals surface area contributed by atoms with Gasteiger partial charge in [-0.1, -0.05) is 17.7 Å². The third-order valence-electron chi connectivity index (χ3n) is 3.82.